The monoisotopic (exact) mass is 304 g/mol. The summed E-state index contributed by atoms with van der Waals surface area (Å²) in [6.07, 6.45) is -0.158. The molecule has 0 saturated carbocycles. The lowest BCUT2D eigenvalue weighted by atomic mass is 10.1. The van der Waals surface area contributed by atoms with E-state index in [9.17, 15) is 14.3 Å². The summed E-state index contributed by atoms with van der Waals surface area (Å²) in [7, 11) is 0. The third-order valence-corrected chi connectivity index (χ3v) is 3.71. The number of carbonyl (C=O) groups is 1. The molecule has 6 nitrogen and oxygen atoms in total. The fourth-order valence-electron chi connectivity index (χ4n) is 2.52. The van der Waals surface area contributed by atoms with Gasteiger partial charge in [0.25, 0.3) is 5.91 Å². The number of amides is 1. The zero-order chi connectivity index (χ0) is 15.5. The van der Waals surface area contributed by atoms with Gasteiger partial charge in [0.2, 0.25) is 0 Å². The molecule has 22 heavy (non-hydrogen) atoms. The van der Waals surface area contributed by atoms with Crippen LogP contribution in [-0.2, 0) is 13.0 Å². The molecular weight excluding hydrogens is 287 g/mol. The molecule has 0 aliphatic carbocycles. The van der Waals surface area contributed by atoms with E-state index in [2.05, 4.69) is 20.8 Å². The highest BCUT2D eigenvalue weighted by molar-refractivity contribution is 5.94. The number of fused-ring (bicyclic) bond motifs is 1. The van der Waals surface area contributed by atoms with Crippen molar-refractivity contribution in [3.63, 3.8) is 0 Å². The van der Waals surface area contributed by atoms with Gasteiger partial charge in [-0.25, -0.2) is 4.39 Å². The van der Waals surface area contributed by atoms with Crippen molar-refractivity contribution in [1.29, 1.82) is 0 Å². The molecule has 0 fully saturated rings. The van der Waals surface area contributed by atoms with E-state index in [0.29, 0.717) is 17.8 Å². The number of hydrogen-bond donors (Lipinski definition) is 4. The summed E-state index contributed by atoms with van der Waals surface area (Å²) in [6, 6.07) is 5.68. The minimum Gasteiger partial charge on any atom is -0.387 e. The number of H-pyrrole nitrogens is 1. The van der Waals surface area contributed by atoms with E-state index in [1.54, 1.807) is 6.07 Å². The number of aromatic nitrogens is 2. The lowest BCUT2D eigenvalue weighted by Crippen LogP contribution is -2.31. The quantitative estimate of drug-likeness (QED) is 0.668. The summed E-state index contributed by atoms with van der Waals surface area (Å²) in [4.78, 5) is 12.2. The van der Waals surface area contributed by atoms with Gasteiger partial charge in [0.05, 0.1) is 6.10 Å². The van der Waals surface area contributed by atoms with Crippen molar-refractivity contribution in [3.05, 3.63) is 52.6 Å². The topological polar surface area (TPSA) is 90.0 Å². The van der Waals surface area contributed by atoms with Gasteiger partial charge in [0, 0.05) is 37.3 Å². The average molecular weight is 304 g/mol. The van der Waals surface area contributed by atoms with Crippen LogP contribution < -0.4 is 10.6 Å². The van der Waals surface area contributed by atoms with Crippen molar-refractivity contribution in [2.45, 2.75) is 19.1 Å². The molecule has 116 valence electrons. The smallest absolute Gasteiger partial charge is 0.272 e. The first kappa shape index (κ1) is 14.7. The lowest BCUT2D eigenvalue weighted by molar-refractivity contribution is 0.0910. The molecule has 0 radical (unpaired) electrons. The Labute approximate surface area is 126 Å². The molecular formula is C15H17FN4O2. The zero-order valence-electron chi connectivity index (χ0n) is 11.9. The molecule has 1 amide bonds. The number of nitrogens with one attached hydrogen (secondary N) is 3. The molecule has 1 aliphatic rings. The maximum absolute atomic E-state index is 13.1. The summed E-state index contributed by atoms with van der Waals surface area (Å²) >= 11 is 0. The van der Waals surface area contributed by atoms with Crippen molar-refractivity contribution in [2.24, 2.45) is 0 Å². The maximum atomic E-state index is 13.1. The van der Waals surface area contributed by atoms with Gasteiger partial charge in [-0.1, -0.05) is 12.1 Å². The van der Waals surface area contributed by atoms with Crippen LogP contribution in [0.25, 0.3) is 0 Å². The van der Waals surface area contributed by atoms with Crippen molar-refractivity contribution in [3.8, 4) is 0 Å². The van der Waals surface area contributed by atoms with Crippen LogP contribution in [0.3, 0.4) is 0 Å². The van der Waals surface area contributed by atoms with Crippen LogP contribution in [-0.4, -0.2) is 34.3 Å². The van der Waals surface area contributed by atoms with Crippen LogP contribution >= 0.6 is 0 Å². The zero-order valence-corrected chi connectivity index (χ0v) is 11.9. The number of rotatable bonds is 4. The number of aromatic amines is 1. The van der Waals surface area contributed by atoms with Crippen LogP contribution in [0.5, 0.6) is 0 Å². The Morgan fingerprint density at radius 2 is 2.36 bits per heavy atom. The molecule has 4 N–H and O–H groups in total. The van der Waals surface area contributed by atoms with Gasteiger partial charge in [0.1, 0.15) is 5.82 Å². The number of hydrogen-bond acceptors (Lipinski definition) is 4. The molecule has 0 spiro atoms. The van der Waals surface area contributed by atoms with Crippen LogP contribution in [0, 0.1) is 5.82 Å². The Bertz CT molecular complexity index is 686. The minimum absolute atomic E-state index is 0.00263. The van der Waals surface area contributed by atoms with Crippen LogP contribution in [0.15, 0.2) is 24.3 Å². The fraction of sp³-hybridized carbons (Fsp3) is 0.333. The van der Waals surface area contributed by atoms with Gasteiger partial charge in [-0.05, 0) is 17.7 Å². The maximum Gasteiger partial charge on any atom is 0.272 e. The largest absolute Gasteiger partial charge is 0.387 e. The molecule has 1 aromatic heterocycles. The lowest BCUT2D eigenvalue weighted by Gasteiger charge is -2.14. The van der Waals surface area contributed by atoms with E-state index in [1.165, 1.54) is 18.2 Å². The summed E-state index contributed by atoms with van der Waals surface area (Å²) in [5.41, 5.74) is 2.60. The standard InChI is InChI=1S/C15H17FN4O2/c16-10-3-1-2-9(6-10)13(21)8-18-15(22)14-11-7-17-5-4-12(11)19-20-14/h1-3,6,13,17,21H,4-5,7-8H2,(H,18,22)(H,19,20). The fourth-order valence-corrected chi connectivity index (χ4v) is 2.52. The van der Waals surface area contributed by atoms with Crippen LogP contribution in [0.2, 0.25) is 0 Å². The number of aliphatic hydroxyl groups is 1. The van der Waals surface area contributed by atoms with Gasteiger partial charge in [-0.2, -0.15) is 5.10 Å². The van der Waals surface area contributed by atoms with E-state index in [4.69, 9.17) is 0 Å². The Morgan fingerprint density at radius 3 is 3.18 bits per heavy atom. The summed E-state index contributed by atoms with van der Waals surface area (Å²) in [5, 5.41) is 22.7. The molecule has 0 saturated heterocycles. The van der Waals surface area contributed by atoms with Gasteiger partial charge in [0.15, 0.2) is 5.69 Å². The second kappa shape index (κ2) is 6.25. The number of carbonyl (C=O) groups excluding carboxylic acids is 1. The Kier molecular flexibility index (Phi) is 4.17. The summed E-state index contributed by atoms with van der Waals surface area (Å²) in [6.45, 7) is 1.45. The third kappa shape index (κ3) is 3.00. The van der Waals surface area contributed by atoms with Crippen LogP contribution in [0.4, 0.5) is 4.39 Å². The van der Waals surface area contributed by atoms with E-state index < -0.39 is 11.9 Å². The van der Waals surface area contributed by atoms with Gasteiger partial charge in [-0.15, -0.1) is 0 Å². The minimum atomic E-state index is -0.965. The molecule has 3 rings (SSSR count). The number of halogens is 1. The highest BCUT2D eigenvalue weighted by atomic mass is 19.1. The Balaban J connectivity index is 1.64. The molecule has 2 heterocycles. The van der Waals surface area contributed by atoms with Gasteiger partial charge < -0.3 is 15.7 Å². The molecule has 0 bridgehead atoms. The number of aliphatic hydroxyl groups excluding tert-OH is 1. The Hall–Kier alpha value is -2.25. The van der Waals surface area contributed by atoms with E-state index >= 15 is 0 Å². The first-order valence-electron chi connectivity index (χ1n) is 7.13. The summed E-state index contributed by atoms with van der Waals surface area (Å²) < 4.78 is 13.1. The van der Waals surface area contributed by atoms with E-state index in [1.807, 2.05) is 0 Å². The normalized spacial score (nSPS) is 15.2. The number of benzene rings is 1. The van der Waals surface area contributed by atoms with Crippen molar-refractivity contribution >= 4 is 5.91 Å². The first-order chi connectivity index (χ1) is 10.6. The molecule has 1 aliphatic heterocycles. The average Bonchev–Trinajstić information content (AvgIpc) is 2.96. The van der Waals surface area contributed by atoms with E-state index in [0.717, 1.165) is 24.2 Å². The molecule has 1 unspecified atom stereocenters. The SMILES string of the molecule is O=C(NCC(O)c1cccc(F)c1)c1n[nH]c2c1CNCC2. The van der Waals surface area contributed by atoms with Gasteiger partial charge in [-0.3, -0.25) is 9.89 Å². The molecule has 1 aromatic carbocycles. The van der Waals surface area contributed by atoms with Crippen LogP contribution in [0.1, 0.15) is 33.4 Å². The Morgan fingerprint density at radius 1 is 1.50 bits per heavy atom. The van der Waals surface area contributed by atoms with Crippen molar-refractivity contribution in [2.75, 3.05) is 13.1 Å². The summed E-state index contributed by atoms with van der Waals surface area (Å²) in [5.74, 6) is -0.771. The molecule has 2 aromatic rings. The third-order valence-electron chi connectivity index (χ3n) is 3.71. The van der Waals surface area contributed by atoms with Crippen molar-refractivity contribution < 1.29 is 14.3 Å². The predicted octanol–water partition coefficient (Wildman–Crippen LogP) is 0.658. The van der Waals surface area contributed by atoms with Gasteiger partial charge >= 0.3 is 0 Å². The highest BCUT2D eigenvalue weighted by Gasteiger charge is 2.22. The molecule has 7 heteroatoms. The molecule has 1 atom stereocenters. The first-order valence-corrected chi connectivity index (χ1v) is 7.13. The van der Waals surface area contributed by atoms with E-state index in [-0.39, 0.29) is 12.5 Å². The number of nitrogens with zero attached hydrogens (tertiary/aromatic N) is 1. The second-order valence-corrected chi connectivity index (χ2v) is 5.24. The predicted molar refractivity (Wildman–Crippen MR) is 77.7 cm³/mol. The highest BCUT2D eigenvalue weighted by Crippen LogP contribution is 2.16. The van der Waals surface area contributed by atoms with Crippen molar-refractivity contribution in [1.82, 2.24) is 20.8 Å². The second-order valence-electron chi connectivity index (χ2n) is 5.24.